The summed E-state index contributed by atoms with van der Waals surface area (Å²) in [4.78, 5) is 26.5. The average molecular weight is 719 g/mol. The molecule has 10 nitrogen and oxygen atoms in total. The Bertz CT molecular complexity index is 1240. The standard InChI is InChI=1S/C38H60N2O7.C2H6.CH4O/c1-22(41)33(34(43)44)39-19-24-7-8-26-28(46-24)18-27-25-9-10-29-35(2,3)30(11-12-38(29)21-37(25,38)14-13-36(26,27)4)47-32-20-40(15-16-45-32)31(42)17-23-5-6-23;2*1-2/h22-30,32-33,39,41H,5-21H2,1-4H3,(H,43,44);1-2H3;2H,1H3/t22?,24?,25?,26-,27?,28?,29-,30-,32?,33+,36?,37-,38+;;/m0../s1. The molecule has 6 saturated carbocycles. The van der Waals surface area contributed by atoms with E-state index in [9.17, 15) is 19.8 Å². The molecule has 0 aromatic rings. The Morgan fingerprint density at radius 2 is 1.67 bits per heavy atom. The third-order valence-electron chi connectivity index (χ3n) is 15.8. The fourth-order valence-electron chi connectivity index (χ4n) is 13.2. The van der Waals surface area contributed by atoms with E-state index < -0.39 is 18.1 Å². The molecule has 4 N–H and O–H groups in total. The SMILES string of the molecule is CC.CC(O)[C@@H](NCC1CC[C@H]2C(CC3C4CC[C@H]5C(C)(C)[C@@H](OC6CN(C(=O)CC7CC7)CCO6)CC[C@@]56C[C@@]46CCC32C)O1)C(=O)O.CO. The maximum atomic E-state index is 12.9. The Labute approximate surface area is 307 Å². The molecule has 2 spiro atoms. The summed E-state index contributed by atoms with van der Waals surface area (Å²) in [6, 6.07) is -0.961. The summed E-state index contributed by atoms with van der Waals surface area (Å²) >= 11 is 0. The van der Waals surface area contributed by atoms with E-state index in [-0.39, 0.29) is 35.9 Å². The molecule has 0 bridgehead atoms. The second kappa shape index (κ2) is 15.1. The minimum absolute atomic E-state index is 0.00480. The van der Waals surface area contributed by atoms with Crippen molar-refractivity contribution in [2.24, 2.45) is 51.2 Å². The van der Waals surface area contributed by atoms with Gasteiger partial charge in [-0.15, -0.1) is 0 Å². The van der Waals surface area contributed by atoms with Crippen LogP contribution in [0, 0.1) is 51.2 Å². The van der Waals surface area contributed by atoms with Crippen LogP contribution >= 0.6 is 0 Å². The van der Waals surface area contributed by atoms with Gasteiger partial charge in [-0.25, -0.2) is 0 Å². The number of carboxylic acids is 1. The Morgan fingerprint density at radius 1 is 0.941 bits per heavy atom. The lowest BCUT2D eigenvalue weighted by Crippen LogP contribution is -2.56. The van der Waals surface area contributed by atoms with E-state index in [4.69, 9.17) is 19.3 Å². The second-order valence-electron chi connectivity index (χ2n) is 18.3. The molecular weight excluding hydrogens is 648 g/mol. The zero-order valence-corrected chi connectivity index (χ0v) is 32.7. The first-order chi connectivity index (χ1) is 24.4. The van der Waals surface area contributed by atoms with Gasteiger partial charge in [0.25, 0.3) is 0 Å². The average Bonchev–Trinajstić information content (AvgIpc) is 4.03. The van der Waals surface area contributed by atoms with E-state index in [0.29, 0.717) is 72.6 Å². The molecule has 292 valence electrons. The summed E-state index contributed by atoms with van der Waals surface area (Å²) in [5.74, 6) is 2.60. The summed E-state index contributed by atoms with van der Waals surface area (Å²) < 4.78 is 19.7. The molecule has 7 unspecified atom stereocenters. The maximum absolute atomic E-state index is 12.9. The van der Waals surface area contributed by atoms with Gasteiger partial charge in [0.15, 0.2) is 6.29 Å². The molecule has 51 heavy (non-hydrogen) atoms. The number of ether oxygens (including phenoxy) is 3. The number of aliphatic hydroxyl groups is 2. The van der Waals surface area contributed by atoms with Crippen LogP contribution in [-0.4, -0.2) is 102 Å². The summed E-state index contributed by atoms with van der Waals surface area (Å²) in [6.07, 6.45) is 14.5. The maximum Gasteiger partial charge on any atom is 0.323 e. The lowest BCUT2D eigenvalue weighted by Gasteiger charge is -2.60. The van der Waals surface area contributed by atoms with Gasteiger partial charge in [0.1, 0.15) is 6.04 Å². The highest BCUT2D eigenvalue weighted by molar-refractivity contribution is 5.76. The van der Waals surface area contributed by atoms with Crippen LogP contribution in [0.25, 0.3) is 0 Å². The van der Waals surface area contributed by atoms with E-state index in [2.05, 4.69) is 26.1 Å². The number of nitrogens with zero attached hydrogens (tertiary/aromatic N) is 1. The van der Waals surface area contributed by atoms with Crippen LogP contribution in [0.4, 0.5) is 0 Å². The van der Waals surface area contributed by atoms with Crippen LogP contribution in [0.1, 0.15) is 125 Å². The van der Waals surface area contributed by atoms with Crippen LogP contribution in [-0.2, 0) is 23.8 Å². The third-order valence-corrected chi connectivity index (χ3v) is 15.8. The number of carboxylic acid groups (broad SMARTS) is 1. The van der Waals surface area contributed by atoms with Gasteiger partial charge in [-0.3, -0.25) is 14.9 Å². The van der Waals surface area contributed by atoms with E-state index in [1.54, 1.807) is 0 Å². The monoisotopic (exact) mass is 719 g/mol. The molecule has 13 atom stereocenters. The lowest BCUT2D eigenvalue weighted by atomic mass is 9.46. The molecule has 6 aliphatic carbocycles. The molecule has 8 fully saturated rings. The number of fused-ring (bicyclic) bond motifs is 4. The van der Waals surface area contributed by atoms with Crippen molar-refractivity contribution in [1.29, 1.82) is 0 Å². The summed E-state index contributed by atoms with van der Waals surface area (Å²) in [5, 5.41) is 29.5. The predicted molar refractivity (Wildman–Crippen MR) is 195 cm³/mol. The molecule has 8 aliphatic rings. The molecular formula is C41H70N2O8. The largest absolute Gasteiger partial charge is 0.480 e. The fourth-order valence-corrected chi connectivity index (χ4v) is 13.2. The first-order valence-corrected chi connectivity index (χ1v) is 20.7. The highest BCUT2D eigenvalue weighted by atomic mass is 16.7. The van der Waals surface area contributed by atoms with Crippen molar-refractivity contribution in [3.63, 3.8) is 0 Å². The molecule has 0 radical (unpaired) electrons. The van der Waals surface area contributed by atoms with Gasteiger partial charge < -0.3 is 34.4 Å². The molecule has 0 aromatic heterocycles. The van der Waals surface area contributed by atoms with Crippen molar-refractivity contribution in [1.82, 2.24) is 10.2 Å². The van der Waals surface area contributed by atoms with Crippen LogP contribution in [0.2, 0.25) is 0 Å². The molecule has 2 heterocycles. The van der Waals surface area contributed by atoms with Crippen LogP contribution in [0.5, 0.6) is 0 Å². The van der Waals surface area contributed by atoms with Crippen molar-refractivity contribution >= 4 is 11.9 Å². The van der Waals surface area contributed by atoms with Gasteiger partial charge >= 0.3 is 5.97 Å². The van der Waals surface area contributed by atoms with Crippen LogP contribution in [0.3, 0.4) is 0 Å². The number of aliphatic carboxylic acids is 1. The molecule has 2 aliphatic heterocycles. The highest BCUT2D eigenvalue weighted by Gasteiger charge is 2.80. The molecule has 10 heteroatoms. The number of hydrogen-bond donors (Lipinski definition) is 4. The number of nitrogens with one attached hydrogen (secondary N) is 1. The van der Waals surface area contributed by atoms with Crippen molar-refractivity contribution in [3.05, 3.63) is 0 Å². The van der Waals surface area contributed by atoms with E-state index in [1.165, 1.54) is 58.3 Å². The van der Waals surface area contributed by atoms with Gasteiger partial charge in [-0.1, -0.05) is 34.6 Å². The number of hydrogen-bond acceptors (Lipinski definition) is 8. The van der Waals surface area contributed by atoms with Crippen molar-refractivity contribution in [2.45, 2.75) is 162 Å². The van der Waals surface area contributed by atoms with Crippen molar-refractivity contribution in [3.8, 4) is 0 Å². The molecule has 8 rings (SSSR count). The van der Waals surface area contributed by atoms with Gasteiger partial charge in [0, 0.05) is 26.6 Å². The Kier molecular flexibility index (Phi) is 11.7. The minimum Gasteiger partial charge on any atom is -0.480 e. The number of rotatable bonds is 9. The molecule has 2 saturated heterocycles. The number of morpholine rings is 1. The summed E-state index contributed by atoms with van der Waals surface area (Å²) in [7, 11) is 1.00. The first-order valence-electron chi connectivity index (χ1n) is 20.7. The van der Waals surface area contributed by atoms with E-state index in [1.807, 2.05) is 18.7 Å². The Balaban J connectivity index is 0.00000108. The quantitative estimate of drug-likeness (QED) is 0.239. The topological polar surface area (TPSA) is 138 Å². The van der Waals surface area contributed by atoms with Crippen LogP contribution in [0.15, 0.2) is 0 Å². The molecule has 0 aromatic carbocycles. The van der Waals surface area contributed by atoms with Gasteiger partial charge in [0.2, 0.25) is 5.91 Å². The Hall–Kier alpha value is -1.30. The summed E-state index contributed by atoms with van der Waals surface area (Å²) in [6.45, 7) is 15.4. The third kappa shape index (κ3) is 6.83. The Morgan fingerprint density at radius 3 is 2.35 bits per heavy atom. The number of carbonyl (C=O) groups is 2. The highest BCUT2D eigenvalue weighted by Crippen LogP contribution is 2.87. The predicted octanol–water partition coefficient (Wildman–Crippen LogP) is 5.62. The first kappa shape index (κ1) is 39.4. The fraction of sp³-hybridized carbons (Fsp3) is 0.951. The van der Waals surface area contributed by atoms with E-state index >= 15 is 0 Å². The minimum atomic E-state index is -1.01. The normalized spacial score (nSPS) is 44.3. The van der Waals surface area contributed by atoms with E-state index in [0.717, 1.165) is 38.7 Å². The molecule has 1 amide bonds. The van der Waals surface area contributed by atoms with Gasteiger partial charge in [-0.2, -0.15) is 0 Å². The van der Waals surface area contributed by atoms with Gasteiger partial charge in [-0.05, 0) is 135 Å². The van der Waals surface area contributed by atoms with Crippen molar-refractivity contribution < 1.29 is 39.1 Å². The number of aliphatic hydroxyl groups excluding tert-OH is 2. The van der Waals surface area contributed by atoms with Crippen molar-refractivity contribution in [2.75, 3.05) is 33.4 Å². The summed E-state index contributed by atoms with van der Waals surface area (Å²) in [5.41, 5.74) is 1.31. The van der Waals surface area contributed by atoms with Gasteiger partial charge in [0.05, 0.1) is 37.6 Å². The smallest absolute Gasteiger partial charge is 0.323 e. The second-order valence-corrected chi connectivity index (χ2v) is 18.3. The zero-order valence-electron chi connectivity index (χ0n) is 32.7. The zero-order chi connectivity index (χ0) is 36.9. The van der Waals surface area contributed by atoms with Crippen LogP contribution < -0.4 is 5.32 Å². The lowest BCUT2D eigenvalue weighted by molar-refractivity contribution is -0.244. The number of carbonyl (C=O) groups excluding carboxylic acids is 1. The number of amides is 1.